The lowest BCUT2D eigenvalue weighted by Gasteiger charge is -2.27. The highest BCUT2D eigenvalue weighted by atomic mass is 16.5. The van der Waals surface area contributed by atoms with Crippen LogP contribution in [0, 0.1) is 6.92 Å². The number of carbonyl (C=O) groups is 1. The Kier molecular flexibility index (Phi) is 6.38. The number of anilines is 2. The van der Waals surface area contributed by atoms with Crippen molar-refractivity contribution in [3.8, 4) is 0 Å². The van der Waals surface area contributed by atoms with Gasteiger partial charge in [0.05, 0.1) is 19.6 Å². The molecule has 1 aliphatic rings. The number of rotatable bonds is 7. The minimum absolute atomic E-state index is 0.0223. The molecule has 1 aromatic heterocycles. The van der Waals surface area contributed by atoms with Crippen LogP contribution in [0.15, 0.2) is 36.7 Å². The number of aryl methyl sites for hydroxylation is 1. The molecule has 0 radical (unpaired) electrons. The van der Waals surface area contributed by atoms with Crippen LogP contribution in [0.25, 0.3) is 0 Å². The van der Waals surface area contributed by atoms with Crippen LogP contribution in [0.3, 0.4) is 0 Å². The first-order valence-corrected chi connectivity index (χ1v) is 8.91. The average molecular weight is 355 g/mol. The molecule has 138 valence electrons. The third-order valence-corrected chi connectivity index (χ3v) is 4.19. The number of hydrogen-bond donors (Lipinski definition) is 2. The molecule has 7 heteroatoms. The number of nitrogens with zero attached hydrogens (tertiary/aromatic N) is 3. The maximum Gasteiger partial charge on any atom is 0.224 e. The van der Waals surface area contributed by atoms with E-state index in [1.165, 1.54) is 0 Å². The van der Waals surface area contributed by atoms with Crippen LogP contribution in [0.2, 0.25) is 0 Å². The Bertz CT molecular complexity index is 731. The first kappa shape index (κ1) is 18.1. The van der Waals surface area contributed by atoms with Crippen LogP contribution in [-0.2, 0) is 16.0 Å². The minimum Gasteiger partial charge on any atom is -0.378 e. The summed E-state index contributed by atoms with van der Waals surface area (Å²) in [5.74, 6) is 1.68. The first-order chi connectivity index (χ1) is 12.7. The maximum atomic E-state index is 12.0. The predicted octanol–water partition coefficient (Wildman–Crippen LogP) is 1.39. The molecule has 1 aliphatic heterocycles. The molecule has 0 saturated carbocycles. The Balaban J connectivity index is 1.41. The fourth-order valence-corrected chi connectivity index (χ4v) is 2.87. The Labute approximate surface area is 153 Å². The van der Waals surface area contributed by atoms with Gasteiger partial charge in [-0.1, -0.05) is 29.8 Å². The molecule has 2 heterocycles. The summed E-state index contributed by atoms with van der Waals surface area (Å²) in [6.07, 6.45) is 1.96. The molecule has 1 amide bonds. The highest BCUT2D eigenvalue weighted by Crippen LogP contribution is 2.15. The smallest absolute Gasteiger partial charge is 0.224 e. The van der Waals surface area contributed by atoms with E-state index in [1.807, 2.05) is 37.3 Å². The third kappa shape index (κ3) is 5.42. The van der Waals surface area contributed by atoms with Gasteiger partial charge in [-0.15, -0.1) is 0 Å². The topological polar surface area (TPSA) is 79.4 Å². The van der Waals surface area contributed by atoms with Crippen LogP contribution in [-0.4, -0.2) is 55.3 Å². The molecule has 1 saturated heterocycles. The molecule has 0 aliphatic carbocycles. The summed E-state index contributed by atoms with van der Waals surface area (Å²) < 4.78 is 5.36. The summed E-state index contributed by atoms with van der Waals surface area (Å²) >= 11 is 0. The summed E-state index contributed by atoms with van der Waals surface area (Å²) in [6.45, 7) is 6.30. The van der Waals surface area contributed by atoms with Crippen molar-refractivity contribution in [2.45, 2.75) is 13.3 Å². The predicted molar refractivity (Wildman–Crippen MR) is 101 cm³/mol. The van der Waals surface area contributed by atoms with Gasteiger partial charge in [0.15, 0.2) is 0 Å². The summed E-state index contributed by atoms with van der Waals surface area (Å²) in [5, 5.41) is 6.16. The highest BCUT2D eigenvalue weighted by molar-refractivity contribution is 5.78. The SMILES string of the molecule is Cc1cccc(CC(=O)NCCNc2cc(N3CCOCC3)ncn2)c1. The van der Waals surface area contributed by atoms with Gasteiger partial charge in [-0.05, 0) is 12.5 Å². The van der Waals surface area contributed by atoms with Crippen molar-refractivity contribution >= 4 is 17.5 Å². The van der Waals surface area contributed by atoms with Crippen molar-refractivity contribution in [1.82, 2.24) is 15.3 Å². The first-order valence-electron chi connectivity index (χ1n) is 8.91. The van der Waals surface area contributed by atoms with Crippen molar-refractivity contribution in [1.29, 1.82) is 0 Å². The second-order valence-corrected chi connectivity index (χ2v) is 6.30. The zero-order valence-electron chi connectivity index (χ0n) is 15.1. The monoisotopic (exact) mass is 355 g/mol. The van der Waals surface area contributed by atoms with Gasteiger partial charge in [0.25, 0.3) is 0 Å². The number of morpholine rings is 1. The molecule has 7 nitrogen and oxygen atoms in total. The van der Waals surface area contributed by atoms with Crippen LogP contribution in [0.1, 0.15) is 11.1 Å². The summed E-state index contributed by atoms with van der Waals surface area (Å²) in [6, 6.07) is 9.93. The van der Waals surface area contributed by atoms with Gasteiger partial charge >= 0.3 is 0 Å². The lowest BCUT2D eigenvalue weighted by Crippen LogP contribution is -2.36. The second kappa shape index (κ2) is 9.15. The van der Waals surface area contributed by atoms with E-state index in [0.717, 1.165) is 49.1 Å². The second-order valence-electron chi connectivity index (χ2n) is 6.30. The summed E-state index contributed by atoms with van der Waals surface area (Å²) in [7, 11) is 0. The number of carbonyl (C=O) groups excluding carboxylic acids is 1. The number of hydrogen-bond acceptors (Lipinski definition) is 6. The van der Waals surface area contributed by atoms with E-state index in [9.17, 15) is 4.79 Å². The van der Waals surface area contributed by atoms with Gasteiger partial charge in [-0.3, -0.25) is 4.79 Å². The molecule has 2 N–H and O–H groups in total. The van der Waals surface area contributed by atoms with Crippen molar-refractivity contribution in [3.63, 3.8) is 0 Å². The largest absolute Gasteiger partial charge is 0.378 e. The van der Waals surface area contributed by atoms with Crippen LogP contribution in [0.4, 0.5) is 11.6 Å². The van der Waals surface area contributed by atoms with Crippen molar-refractivity contribution in [2.24, 2.45) is 0 Å². The zero-order chi connectivity index (χ0) is 18.2. The third-order valence-electron chi connectivity index (χ3n) is 4.19. The summed E-state index contributed by atoms with van der Waals surface area (Å²) in [5.41, 5.74) is 2.19. The number of nitrogens with one attached hydrogen (secondary N) is 2. The number of ether oxygens (including phenoxy) is 1. The summed E-state index contributed by atoms with van der Waals surface area (Å²) in [4.78, 5) is 22.8. The van der Waals surface area contributed by atoms with Crippen LogP contribution in [0.5, 0.6) is 0 Å². The van der Waals surface area contributed by atoms with E-state index >= 15 is 0 Å². The molecule has 1 fully saturated rings. The lowest BCUT2D eigenvalue weighted by molar-refractivity contribution is -0.120. The van der Waals surface area contributed by atoms with Crippen LogP contribution < -0.4 is 15.5 Å². The number of aromatic nitrogens is 2. The highest BCUT2D eigenvalue weighted by Gasteiger charge is 2.12. The number of amides is 1. The zero-order valence-corrected chi connectivity index (χ0v) is 15.1. The van der Waals surface area contributed by atoms with Crippen molar-refractivity contribution < 1.29 is 9.53 Å². The van der Waals surface area contributed by atoms with E-state index < -0.39 is 0 Å². The van der Waals surface area contributed by atoms with Crippen molar-refractivity contribution in [2.75, 3.05) is 49.6 Å². The van der Waals surface area contributed by atoms with Gasteiger partial charge in [-0.25, -0.2) is 9.97 Å². The van der Waals surface area contributed by atoms with E-state index in [0.29, 0.717) is 19.5 Å². The molecule has 0 spiro atoms. The fraction of sp³-hybridized carbons (Fsp3) is 0.421. The Morgan fingerprint density at radius 2 is 2.04 bits per heavy atom. The molecular weight excluding hydrogens is 330 g/mol. The lowest BCUT2D eigenvalue weighted by atomic mass is 10.1. The average Bonchev–Trinajstić information content (AvgIpc) is 2.66. The van der Waals surface area contributed by atoms with Gasteiger partial charge < -0.3 is 20.3 Å². The quantitative estimate of drug-likeness (QED) is 0.731. The van der Waals surface area contributed by atoms with E-state index in [4.69, 9.17) is 4.74 Å². The minimum atomic E-state index is 0.0223. The Hall–Kier alpha value is -2.67. The van der Waals surface area contributed by atoms with Gasteiger partial charge in [0.1, 0.15) is 18.0 Å². The van der Waals surface area contributed by atoms with E-state index in [-0.39, 0.29) is 5.91 Å². The normalized spacial score (nSPS) is 14.1. The van der Waals surface area contributed by atoms with Gasteiger partial charge in [0.2, 0.25) is 5.91 Å². The van der Waals surface area contributed by atoms with Crippen molar-refractivity contribution in [3.05, 3.63) is 47.8 Å². The van der Waals surface area contributed by atoms with Gasteiger partial charge in [-0.2, -0.15) is 0 Å². The van der Waals surface area contributed by atoms with Gasteiger partial charge in [0, 0.05) is 32.2 Å². The molecule has 0 unspecified atom stereocenters. The molecule has 3 rings (SSSR count). The number of benzene rings is 1. The standard InChI is InChI=1S/C19H25N5O2/c1-15-3-2-4-16(11-15)12-19(25)21-6-5-20-17-13-18(23-14-22-17)24-7-9-26-10-8-24/h2-4,11,13-14H,5-10,12H2,1H3,(H,21,25)(H,20,22,23). The molecule has 2 aromatic rings. The molecule has 26 heavy (non-hydrogen) atoms. The Morgan fingerprint density at radius 3 is 2.85 bits per heavy atom. The molecule has 0 atom stereocenters. The molecular formula is C19H25N5O2. The maximum absolute atomic E-state index is 12.0. The van der Waals surface area contributed by atoms with E-state index in [1.54, 1.807) is 6.33 Å². The Morgan fingerprint density at radius 1 is 1.19 bits per heavy atom. The molecule has 0 bridgehead atoms. The molecule has 1 aromatic carbocycles. The van der Waals surface area contributed by atoms with E-state index in [2.05, 4.69) is 25.5 Å². The van der Waals surface area contributed by atoms with Crippen LogP contribution >= 0.6 is 0 Å². The fourth-order valence-electron chi connectivity index (χ4n) is 2.87.